The van der Waals surface area contributed by atoms with Crippen LogP contribution in [0.25, 0.3) is 0 Å². The van der Waals surface area contributed by atoms with E-state index in [1.165, 1.54) is 6.26 Å². The lowest BCUT2D eigenvalue weighted by atomic mass is 10.2. The largest absolute Gasteiger partial charge is 0.481 e. The summed E-state index contributed by atoms with van der Waals surface area (Å²) >= 11 is 0. The summed E-state index contributed by atoms with van der Waals surface area (Å²) in [6.07, 6.45) is 3.52. The van der Waals surface area contributed by atoms with E-state index in [4.69, 9.17) is 9.52 Å². The van der Waals surface area contributed by atoms with Crippen LogP contribution in [0, 0.1) is 6.92 Å². The van der Waals surface area contributed by atoms with Crippen molar-refractivity contribution in [3.05, 3.63) is 35.9 Å². The Bertz CT molecular complexity index is 551. The highest BCUT2D eigenvalue weighted by Crippen LogP contribution is 2.15. The number of oxazole rings is 1. The van der Waals surface area contributed by atoms with Crippen molar-refractivity contribution in [2.75, 3.05) is 5.32 Å². The normalized spacial score (nSPS) is 10.3. The molecule has 18 heavy (non-hydrogen) atoms. The molecule has 2 heterocycles. The standard InChI is InChI=1S/C12H13N3O3/c1-8-4-5-13-10(6-8)15-12-14-9(7-18-12)2-3-11(16)17/h4-7H,2-3H2,1H3,(H,16,17)(H,13,14,15). The van der Waals surface area contributed by atoms with E-state index in [0.29, 0.717) is 23.9 Å². The fraction of sp³-hybridized carbons (Fsp3) is 0.250. The molecule has 0 radical (unpaired) electrons. The molecule has 2 N–H and O–H groups in total. The molecule has 0 saturated heterocycles. The number of aliphatic carboxylic acids is 1. The Hall–Kier alpha value is -2.37. The fourth-order valence-electron chi connectivity index (χ4n) is 1.43. The van der Waals surface area contributed by atoms with Gasteiger partial charge in [0.1, 0.15) is 12.1 Å². The van der Waals surface area contributed by atoms with Crippen LogP contribution in [0.3, 0.4) is 0 Å². The van der Waals surface area contributed by atoms with Crippen LogP contribution < -0.4 is 5.32 Å². The van der Waals surface area contributed by atoms with Gasteiger partial charge in [-0.2, -0.15) is 4.98 Å². The molecule has 2 rings (SSSR count). The van der Waals surface area contributed by atoms with E-state index in [-0.39, 0.29) is 6.42 Å². The minimum Gasteiger partial charge on any atom is -0.481 e. The van der Waals surface area contributed by atoms with Crippen molar-refractivity contribution in [2.45, 2.75) is 19.8 Å². The molecule has 0 unspecified atom stereocenters. The van der Waals surface area contributed by atoms with Crippen LogP contribution >= 0.6 is 0 Å². The lowest BCUT2D eigenvalue weighted by molar-refractivity contribution is -0.136. The Morgan fingerprint density at radius 3 is 3.11 bits per heavy atom. The molecule has 0 fully saturated rings. The summed E-state index contributed by atoms with van der Waals surface area (Å²) in [6.45, 7) is 1.96. The Morgan fingerprint density at radius 1 is 1.56 bits per heavy atom. The molecule has 0 aromatic carbocycles. The van der Waals surface area contributed by atoms with Crippen molar-refractivity contribution in [3.8, 4) is 0 Å². The highest BCUT2D eigenvalue weighted by Gasteiger charge is 2.06. The molecule has 6 heteroatoms. The van der Waals surface area contributed by atoms with Gasteiger partial charge in [-0.25, -0.2) is 4.98 Å². The maximum atomic E-state index is 10.4. The highest BCUT2D eigenvalue weighted by atomic mass is 16.4. The SMILES string of the molecule is Cc1ccnc(Nc2nc(CCC(=O)O)co2)c1. The Kier molecular flexibility index (Phi) is 3.57. The van der Waals surface area contributed by atoms with Crippen molar-refractivity contribution >= 4 is 17.8 Å². The summed E-state index contributed by atoms with van der Waals surface area (Å²) in [6, 6.07) is 4.06. The van der Waals surface area contributed by atoms with E-state index in [1.807, 2.05) is 19.1 Å². The van der Waals surface area contributed by atoms with Gasteiger partial charge in [-0.05, 0) is 24.6 Å². The number of carboxylic acids is 1. The maximum absolute atomic E-state index is 10.4. The van der Waals surface area contributed by atoms with E-state index in [1.54, 1.807) is 6.20 Å². The minimum absolute atomic E-state index is 0.0364. The summed E-state index contributed by atoms with van der Waals surface area (Å²) in [4.78, 5) is 18.7. The van der Waals surface area contributed by atoms with Gasteiger partial charge in [-0.15, -0.1) is 0 Å². The van der Waals surface area contributed by atoms with Gasteiger partial charge >= 0.3 is 5.97 Å². The lowest BCUT2D eigenvalue weighted by Gasteiger charge is -2.00. The molecule has 0 spiro atoms. The predicted molar refractivity (Wildman–Crippen MR) is 64.7 cm³/mol. The third kappa shape index (κ3) is 3.31. The van der Waals surface area contributed by atoms with Gasteiger partial charge in [0.25, 0.3) is 6.01 Å². The van der Waals surface area contributed by atoms with E-state index in [2.05, 4.69) is 15.3 Å². The molecular weight excluding hydrogens is 234 g/mol. The van der Waals surface area contributed by atoms with Crippen molar-refractivity contribution in [1.82, 2.24) is 9.97 Å². The van der Waals surface area contributed by atoms with Gasteiger partial charge < -0.3 is 9.52 Å². The predicted octanol–water partition coefficient (Wildman–Crippen LogP) is 2.14. The molecule has 0 saturated carbocycles. The first kappa shape index (κ1) is 12.1. The molecule has 2 aromatic heterocycles. The number of carbonyl (C=O) groups is 1. The van der Waals surface area contributed by atoms with Crippen LogP contribution in [0.5, 0.6) is 0 Å². The average Bonchev–Trinajstić information content (AvgIpc) is 2.74. The molecule has 0 aliphatic heterocycles. The van der Waals surface area contributed by atoms with Crippen LogP contribution in [0.15, 0.2) is 29.0 Å². The van der Waals surface area contributed by atoms with Crippen molar-refractivity contribution in [2.24, 2.45) is 0 Å². The van der Waals surface area contributed by atoms with E-state index >= 15 is 0 Å². The monoisotopic (exact) mass is 247 g/mol. The van der Waals surface area contributed by atoms with Crippen LogP contribution in [0.2, 0.25) is 0 Å². The third-order valence-corrected chi connectivity index (χ3v) is 2.30. The number of anilines is 2. The summed E-state index contributed by atoms with van der Waals surface area (Å²) in [5, 5.41) is 11.5. The molecular formula is C12H13N3O3. The van der Waals surface area contributed by atoms with Crippen molar-refractivity contribution < 1.29 is 14.3 Å². The number of nitrogens with one attached hydrogen (secondary N) is 1. The zero-order valence-electron chi connectivity index (χ0n) is 9.88. The zero-order valence-corrected chi connectivity index (χ0v) is 9.88. The quantitative estimate of drug-likeness (QED) is 0.841. The number of pyridine rings is 1. The van der Waals surface area contributed by atoms with Crippen molar-refractivity contribution in [1.29, 1.82) is 0 Å². The first-order chi connectivity index (χ1) is 8.63. The Morgan fingerprint density at radius 2 is 2.39 bits per heavy atom. The lowest BCUT2D eigenvalue weighted by Crippen LogP contribution is -1.98. The van der Waals surface area contributed by atoms with Crippen LogP contribution in [-0.4, -0.2) is 21.0 Å². The number of aryl methyl sites for hydroxylation is 2. The van der Waals surface area contributed by atoms with Gasteiger partial charge in [-0.1, -0.05) is 0 Å². The zero-order chi connectivity index (χ0) is 13.0. The second-order valence-corrected chi connectivity index (χ2v) is 3.88. The third-order valence-electron chi connectivity index (χ3n) is 2.30. The second kappa shape index (κ2) is 5.31. The number of hydrogen-bond acceptors (Lipinski definition) is 5. The van der Waals surface area contributed by atoms with E-state index in [0.717, 1.165) is 5.56 Å². The van der Waals surface area contributed by atoms with Gasteiger partial charge in [0.2, 0.25) is 0 Å². The second-order valence-electron chi connectivity index (χ2n) is 3.88. The van der Waals surface area contributed by atoms with Gasteiger partial charge in [0, 0.05) is 12.6 Å². The molecule has 0 aliphatic carbocycles. The van der Waals surface area contributed by atoms with Gasteiger partial charge in [0.05, 0.1) is 12.1 Å². The Balaban J connectivity index is 2.00. The number of aromatic nitrogens is 2. The van der Waals surface area contributed by atoms with Crippen molar-refractivity contribution in [3.63, 3.8) is 0 Å². The van der Waals surface area contributed by atoms with Crippen LogP contribution in [-0.2, 0) is 11.2 Å². The minimum atomic E-state index is -0.854. The highest BCUT2D eigenvalue weighted by molar-refractivity contribution is 5.67. The molecule has 0 bridgehead atoms. The first-order valence-electron chi connectivity index (χ1n) is 5.49. The number of nitrogens with zero attached hydrogens (tertiary/aromatic N) is 2. The summed E-state index contributed by atoms with van der Waals surface area (Å²) < 4.78 is 5.19. The summed E-state index contributed by atoms with van der Waals surface area (Å²) in [5.74, 6) is -0.213. The molecule has 0 aliphatic rings. The van der Waals surface area contributed by atoms with E-state index < -0.39 is 5.97 Å². The summed E-state index contributed by atoms with van der Waals surface area (Å²) in [5.41, 5.74) is 1.68. The van der Waals surface area contributed by atoms with Crippen LogP contribution in [0.4, 0.5) is 11.8 Å². The van der Waals surface area contributed by atoms with Crippen LogP contribution in [0.1, 0.15) is 17.7 Å². The smallest absolute Gasteiger partial charge is 0.303 e. The molecule has 6 nitrogen and oxygen atoms in total. The average molecular weight is 247 g/mol. The molecule has 2 aromatic rings. The topological polar surface area (TPSA) is 88.2 Å². The maximum Gasteiger partial charge on any atom is 0.303 e. The Labute approximate surface area is 104 Å². The number of hydrogen-bond donors (Lipinski definition) is 2. The van der Waals surface area contributed by atoms with E-state index in [9.17, 15) is 4.79 Å². The van der Waals surface area contributed by atoms with Gasteiger partial charge in [0.15, 0.2) is 0 Å². The number of rotatable bonds is 5. The van der Waals surface area contributed by atoms with Gasteiger partial charge in [-0.3, -0.25) is 10.1 Å². The fourth-order valence-corrected chi connectivity index (χ4v) is 1.43. The first-order valence-corrected chi connectivity index (χ1v) is 5.49. The molecule has 0 amide bonds. The summed E-state index contributed by atoms with van der Waals surface area (Å²) in [7, 11) is 0. The molecule has 94 valence electrons. The molecule has 0 atom stereocenters. The number of carboxylic acid groups (broad SMARTS) is 1.